The first-order valence-electron chi connectivity index (χ1n) is 24.6. The number of rotatable bonds is 14. The Bertz CT molecular complexity index is 3390. The third kappa shape index (κ3) is 14.0. The largest absolute Gasteiger partial charge is 0.396 e. The highest BCUT2D eigenvalue weighted by Crippen LogP contribution is 2.30. The van der Waals surface area contributed by atoms with E-state index in [0.29, 0.717) is 46.5 Å². The van der Waals surface area contributed by atoms with Crippen LogP contribution in [0.3, 0.4) is 0 Å². The van der Waals surface area contributed by atoms with E-state index in [9.17, 15) is 37.5 Å². The molecule has 4 amide bonds. The zero-order chi connectivity index (χ0) is 54.6. The third-order valence-corrected chi connectivity index (χ3v) is 13.4. The van der Waals surface area contributed by atoms with Crippen molar-refractivity contribution in [3.63, 3.8) is 0 Å². The molecule has 2 aliphatic heterocycles. The molecule has 0 saturated carbocycles. The number of carbonyl (C=O) groups excluding carboxylic acids is 6. The van der Waals surface area contributed by atoms with E-state index in [1.54, 1.807) is 46.3 Å². The number of nitrogens with two attached hydrogens (primary N) is 1. The van der Waals surface area contributed by atoms with Crippen LogP contribution in [0.25, 0.3) is 21.8 Å². The molecule has 0 aliphatic carbocycles. The molecule has 4 aromatic carbocycles. The summed E-state index contributed by atoms with van der Waals surface area (Å²) in [5.74, 6) is -1.76. The quantitative estimate of drug-likeness (QED) is 0.0774. The van der Waals surface area contributed by atoms with Crippen LogP contribution in [-0.4, -0.2) is 112 Å². The number of hydrogen-bond donors (Lipinski definition) is 4. The average molecular weight is 1110 g/mol. The Kier molecular flexibility index (Phi) is 17.9. The van der Waals surface area contributed by atoms with Gasteiger partial charge in [-0.3, -0.25) is 28.8 Å². The van der Waals surface area contributed by atoms with Gasteiger partial charge < -0.3 is 40.6 Å². The Morgan fingerprint density at radius 1 is 0.597 bits per heavy atom. The summed E-state index contributed by atoms with van der Waals surface area (Å²) in [5, 5.41) is 10.2. The Morgan fingerprint density at radius 2 is 1.04 bits per heavy atom. The standard InChI is InChI=1S/C28H27FN6O3.C24H23BrFN3O3.C4H5N3/c1-18(36)24-15-34(25-8-7-21(10-23(24)25)33-22-12-30-17-31-13-22)16-27(37)35-14-20(29)9-26(35)28(38)32-11-19-5-3-2-4-6-19;1-15(30)20-13-28(21-8-7-17(25)9-19(20)21)14-23(31)29-12-18(26)10-22(29)24(32)27-11-16-5-3-2-4-6-16;5-4-1-6-3-7-2-4/h2-8,10,12-13,15,17,20,26,33H,9,11,14,16H2,1H3,(H,32,38);2-9,13,18,22H,10-12,14H2,1H3,(H,27,32);1-3H,5H2/t20-,26+;18-,22+;/m11./s1. The van der Waals surface area contributed by atoms with Gasteiger partial charge in [0.2, 0.25) is 23.6 Å². The monoisotopic (exact) mass is 1110 g/mol. The Morgan fingerprint density at radius 3 is 1.48 bits per heavy atom. The number of carbonyl (C=O) groups is 6. The SMILES string of the molecule is CC(=O)c1cn(CC(=O)N2C[C@H](F)C[C@H]2C(=O)NCc2ccccc2)c2ccc(Br)cc12.CC(=O)c1cn(CC(=O)N2C[C@H](F)C[C@H]2C(=O)NCc2ccccc2)c2ccc(Nc3cncnc3)cc12.Nc1cncnc1. The highest BCUT2D eigenvalue weighted by atomic mass is 79.9. The number of nitrogens with zero attached hydrogens (tertiary/aromatic N) is 8. The number of nitrogens with one attached hydrogen (secondary N) is 3. The summed E-state index contributed by atoms with van der Waals surface area (Å²) in [5.41, 5.74) is 11.5. The fraction of sp³-hybridized carbons (Fsp3) is 0.250. The predicted molar refractivity (Wildman–Crippen MR) is 290 cm³/mol. The molecule has 6 heterocycles. The lowest BCUT2D eigenvalue weighted by Crippen LogP contribution is -2.46. The van der Waals surface area contributed by atoms with Gasteiger partial charge in [0.15, 0.2) is 11.6 Å². The molecule has 396 valence electrons. The number of amides is 4. The second-order valence-electron chi connectivity index (χ2n) is 18.5. The molecule has 2 fully saturated rings. The van der Waals surface area contributed by atoms with Gasteiger partial charge in [-0.1, -0.05) is 76.6 Å². The molecular weight excluding hydrogens is 1050 g/mol. The molecule has 4 atom stereocenters. The first kappa shape index (κ1) is 54.5. The van der Waals surface area contributed by atoms with Gasteiger partial charge in [0.25, 0.3) is 0 Å². The summed E-state index contributed by atoms with van der Waals surface area (Å²) in [7, 11) is 0. The molecule has 2 aliphatic rings. The highest BCUT2D eigenvalue weighted by molar-refractivity contribution is 9.10. The van der Waals surface area contributed by atoms with Crippen molar-refractivity contribution in [3.05, 3.63) is 174 Å². The van der Waals surface area contributed by atoms with Gasteiger partial charge in [-0.15, -0.1) is 0 Å². The Balaban J connectivity index is 0.000000182. The molecule has 8 aromatic rings. The molecule has 0 bridgehead atoms. The second-order valence-corrected chi connectivity index (χ2v) is 19.4. The molecule has 0 spiro atoms. The fourth-order valence-electron chi connectivity index (χ4n) is 9.20. The summed E-state index contributed by atoms with van der Waals surface area (Å²) < 4.78 is 32.8. The van der Waals surface area contributed by atoms with Gasteiger partial charge in [-0.05, 0) is 61.4 Å². The van der Waals surface area contributed by atoms with Gasteiger partial charge in [0.05, 0.1) is 49.3 Å². The van der Waals surface area contributed by atoms with E-state index < -0.39 is 24.4 Å². The number of halogens is 3. The smallest absolute Gasteiger partial charge is 0.243 e. The van der Waals surface area contributed by atoms with E-state index in [1.165, 1.54) is 36.3 Å². The molecular formula is C56H55BrF2N12O6. The number of anilines is 3. The lowest BCUT2D eigenvalue weighted by molar-refractivity contribution is -0.139. The van der Waals surface area contributed by atoms with Gasteiger partial charge in [0, 0.05) is 81.4 Å². The maximum atomic E-state index is 14.4. The zero-order valence-electron chi connectivity index (χ0n) is 42.1. The Hall–Kier alpha value is -8.72. The van der Waals surface area contributed by atoms with E-state index in [2.05, 4.69) is 51.8 Å². The molecule has 0 radical (unpaired) electrons. The van der Waals surface area contributed by atoms with E-state index >= 15 is 0 Å². The van der Waals surface area contributed by atoms with Crippen molar-refractivity contribution in [3.8, 4) is 0 Å². The minimum atomic E-state index is -1.28. The van der Waals surface area contributed by atoms with Crippen LogP contribution in [0.2, 0.25) is 0 Å². The van der Waals surface area contributed by atoms with Crippen LogP contribution in [0.4, 0.5) is 25.8 Å². The van der Waals surface area contributed by atoms with E-state index in [4.69, 9.17) is 5.73 Å². The first-order valence-corrected chi connectivity index (χ1v) is 25.4. The van der Waals surface area contributed by atoms with Crippen molar-refractivity contribution in [2.75, 3.05) is 24.1 Å². The number of hydrogen-bond acceptors (Lipinski definition) is 12. The van der Waals surface area contributed by atoms with E-state index in [-0.39, 0.29) is 74.2 Å². The third-order valence-electron chi connectivity index (χ3n) is 12.9. The van der Waals surface area contributed by atoms with Crippen LogP contribution >= 0.6 is 15.9 Å². The molecule has 5 N–H and O–H groups in total. The van der Waals surface area contributed by atoms with E-state index in [1.807, 2.05) is 97.1 Å². The maximum Gasteiger partial charge on any atom is 0.243 e. The second kappa shape index (κ2) is 25.2. The van der Waals surface area contributed by atoms with Crippen molar-refractivity contribution in [2.45, 2.75) is 77.3 Å². The van der Waals surface area contributed by atoms with Gasteiger partial charge in [-0.25, -0.2) is 28.7 Å². The number of nitrogen functional groups attached to an aromatic ring is 1. The first-order chi connectivity index (χ1) is 37.1. The molecule has 77 heavy (non-hydrogen) atoms. The number of Topliss-reactive ketones (excluding diaryl/α,β-unsaturated/α-hetero) is 2. The molecule has 4 aromatic heterocycles. The summed E-state index contributed by atoms with van der Waals surface area (Å²) >= 11 is 3.41. The number of aromatic nitrogens is 6. The van der Waals surface area contributed by atoms with E-state index in [0.717, 1.165) is 32.2 Å². The minimum absolute atomic E-state index is 0.0234. The molecule has 18 nitrogen and oxygen atoms in total. The van der Waals surface area contributed by atoms with Crippen molar-refractivity contribution < 1.29 is 37.5 Å². The van der Waals surface area contributed by atoms with Crippen LogP contribution in [-0.2, 0) is 45.4 Å². The van der Waals surface area contributed by atoms with Crippen molar-refractivity contribution in [2.24, 2.45) is 0 Å². The van der Waals surface area contributed by atoms with Crippen molar-refractivity contribution in [1.29, 1.82) is 0 Å². The molecule has 2 saturated heterocycles. The summed E-state index contributed by atoms with van der Waals surface area (Å²) in [6, 6.07) is 28.0. The van der Waals surface area contributed by atoms with Crippen LogP contribution in [0.1, 0.15) is 58.5 Å². The van der Waals surface area contributed by atoms with Crippen LogP contribution in [0.5, 0.6) is 0 Å². The van der Waals surface area contributed by atoms with Crippen molar-refractivity contribution in [1.82, 2.24) is 49.5 Å². The number of likely N-dealkylation sites (tertiary alicyclic amines) is 2. The van der Waals surface area contributed by atoms with Crippen LogP contribution < -0.4 is 21.7 Å². The van der Waals surface area contributed by atoms with Gasteiger partial charge >= 0.3 is 0 Å². The number of ketones is 2. The summed E-state index contributed by atoms with van der Waals surface area (Å²) in [6.45, 7) is 3.08. The average Bonchev–Trinajstić information content (AvgIpc) is 4.21. The fourth-order valence-corrected chi connectivity index (χ4v) is 9.57. The maximum absolute atomic E-state index is 14.4. The Labute approximate surface area is 450 Å². The lowest BCUT2D eigenvalue weighted by atomic mass is 10.1. The minimum Gasteiger partial charge on any atom is -0.396 e. The normalized spacial score (nSPS) is 16.7. The number of fused-ring (bicyclic) bond motifs is 2. The molecule has 10 rings (SSSR count). The summed E-state index contributed by atoms with van der Waals surface area (Å²) in [4.78, 5) is 94.4. The summed E-state index contributed by atoms with van der Waals surface area (Å²) in [6.07, 6.45) is 9.91. The highest BCUT2D eigenvalue weighted by Gasteiger charge is 2.41. The number of alkyl halides is 2. The predicted octanol–water partition coefficient (Wildman–Crippen LogP) is 7.55. The molecule has 0 unspecified atom stereocenters. The molecule has 21 heteroatoms. The lowest BCUT2D eigenvalue weighted by Gasteiger charge is -2.24. The topological polar surface area (TPSA) is 232 Å². The van der Waals surface area contributed by atoms with Crippen molar-refractivity contribution >= 4 is 90.0 Å². The van der Waals surface area contributed by atoms with Crippen LogP contribution in [0.15, 0.2) is 151 Å². The number of benzene rings is 4. The van der Waals surface area contributed by atoms with Crippen LogP contribution in [0, 0.1) is 0 Å². The van der Waals surface area contributed by atoms with Gasteiger partial charge in [-0.2, -0.15) is 0 Å². The van der Waals surface area contributed by atoms with Gasteiger partial charge in [0.1, 0.15) is 50.2 Å². The zero-order valence-corrected chi connectivity index (χ0v) is 43.6.